The van der Waals surface area contributed by atoms with Crippen LogP contribution in [-0.4, -0.2) is 17.9 Å². The first kappa shape index (κ1) is 24.0. The maximum absolute atomic E-state index is 2.54. The predicted molar refractivity (Wildman–Crippen MR) is 204 cm³/mol. The van der Waals surface area contributed by atoms with Crippen molar-refractivity contribution in [2.75, 3.05) is 0 Å². The lowest BCUT2D eigenvalue weighted by molar-refractivity contribution is 1.02. The van der Waals surface area contributed by atoms with Crippen molar-refractivity contribution in [3.8, 4) is 0 Å². The third-order valence-corrected chi connectivity index (χ3v) is 11.8. The van der Waals surface area contributed by atoms with E-state index in [-0.39, 0.29) is 0 Å². The molecule has 13 aromatic rings. The first-order valence-electron chi connectivity index (χ1n) is 16.7. The van der Waals surface area contributed by atoms with Crippen LogP contribution in [0.5, 0.6) is 0 Å². The van der Waals surface area contributed by atoms with Crippen molar-refractivity contribution in [2.24, 2.45) is 14.1 Å². The SMILES string of the molecule is Cn1c2ccccc2c2ccc3c(c4cccc5c6cc7c(cc6n3c54)c3cccc4c5c6c(ccc5n7c34)c3ccccc3n6C)c21. The molecule has 6 heterocycles. The average Bonchev–Trinajstić information content (AvgIpc) is 3.94. The van der Waals surface area contributed by atoms with Crippen molar-refractivity contribution in [3.05, 3.63) is 121 Å². The largest absolute Gasteiger partial charge is 0.343 e. The van der Waals surface area contributed by atoms with E-state index in [1.54, 1.807) is 0 Å². The van der Waals surface area contributed by atoms with Crippen LogP contribution in [-0.2, 0) is 14.1 Å². The van der Waals surface area contributed by atoms with E-state index in [1.165, 1.54) is 120 Å². The fourth-order valence-corrected chi connectivity index (χ4v) is 9.95. The Bertz CT molecular complexity index is 3340. The number of nitrogens with zero attached hydrogens (tertiary/aromatic N) is 4. The Morgan fingerprint density at radius 3 is 1.17 bits per heavy atom. The van der Waals surface area contributed by atoms with Gasteiger partial charge in [-0.15, -0.1) is 0 Å². The molecule has 48 heavy (non-hydrogen) atoms. The van der Waals surface area contributed by atoms with E-state index in [4.69, 9.17) is 0 Å². The van der Waals surface area contributed by atoms with Crippen LogP contribution in [0.15, 0.2) is 121 Å². The van der Waals surface area contributed by atoms with Gasteiger partial charge in [-0.05, 0) is 36.4 Å². The molecular formula is C44H26N4. The van der Waals surface area contributed by atoms with Gasteiger partial charge in [0, 0.05) is 89.8 Å². The number of rotatable bonds is 0. The molecule has 4 nitrogen and oxygen atoms in total. The molecule has 0 amide bonds. The molecule has 0 fully saturated rings. The molecular weight excluding hydrogens is 585 g/mol. The molecule has 0 atom stereocenters. The lowest BCUT2D eigenvalue weighted by atomic mass is 10.0. The highest BCUT2D eigenvalue weighted by Crippen LogP contribution is 2.47. The fourth-order valence-electron chi connectivity index (χ4n) is 9.95. The summed E-state index contributed by atoms with van der Waals surface area (Å²) in [7, 11) is 4.43. The Labute approximate surface area is 272 Å². The van der Waals surface area contributed by atoms with E-state index >= 15 is 0 Å². The highest BCUT2D eigenvalue weighted by Gasteiger charge is 2.25. The maximum atomic E-state index is 2.54. The van der Waals surface area contributed by atoms with E-state index < -0.39 is 0 Å². The van der Waals surface area contributed by atoms with Gasteiger partial charge in [0.1, 0.15) is 0 Å². The number of hydrogen-bond acceptors (Lipinski definition) is 0. The number of fused-ring (bicyclic) bond motifs is 20. The number of aryl methyl sites for hydroxylation is 2. The van der Waals surface area contributed by atoms with Gasteiger partial charge in [-0.3, -0.25) is 0 Å². The van der Waals surface area contributed by atoms with Gasteiger partial charge in [0.25, 0.3) is 0 Å². The van der Waals surface area contributed by atoms with Crippen LogP contribution in [0.3, 0.4) is 0 Å². The third kappa shape index (κ3) is 2.40. The topological polar surface area (TPSA) is 18.7 Å². The first-order valence-corrected chi connectivity index (χ1v) is 16.7. The zero-order valence-corrected chi connectivity index (χ0v) is 26.3. The molecule has 0 N–H and O–H groups in total. The normalized spacial score (nSPS) is 13.2. The molecule has 0 bridgehead atoms. The average molecular weight is 611 g/mol. The van der Waals surface area contributed by atoms with Gasteiger partial charge in [-0.25, -0.2) is 0 Å². The summed E-state index contributed by atoms with van der Waals surface area (Å²) < 4.78 is 9.86. The van der Waals surface area contributed by atoms with Crippen LogP contribution >= 0.6 is 0 Å². The molecule has 0 unspecified atom stereocenters. The van der Waals surface area contributed by atoms with E-state index in [9.17, 15) is 0 Å². The summed E-state index contributed by atoms with van der Waals surface area (Å²) in [6.07, 6.45) is 0. The molecule has 4 heteroatoms. The Kier molecular flexibility index (Phi) is 3.82. The van der Waals surface area contributed by atoms with Crippen molar-refractivity contribution in [2.45, 2.75) is 0 Å². The van der Waals surface area contributed by atoms with Crippen LogP contribution in [0, 0.1) is 0 Å². The summed E-state index contributed by atoms with van der Waals surface area (Å²) in [6, 6.07) is 45.7. The van der Waals surface area contributed by atoms with Crippen LogP contribution in [0.4, 0.5) is 0 Å². The van der Waals surface area contributed by atoms with E-state index in [1.807, 2.05) is 0 Å². The molecule has 0 spiro atoms. The quantitative estimate of drug-likeness (QED) is 0.163. The Morgan fingerprint density at radius 1 is 0.292 bits per heavy atom. The fraction of sp³-hybridized carbons (Fsp3) is 0.0455. The molecule has 0 saturated carbocycles. The van der Waals surface area contributed by atoms with Crippen molar-refractivity contribution in [1.82, 2.24) is 17.9 Å². The smallest absolute Gasteiger partial charge is 0.0621 e. The molecule has 7 aromatic carbocycles. The van der Waals surface area contributed by atoms with E-state index in [2.05, 4.69) is 153 Å². The van der Waals surface area contributed by atoms with Crippen LogP contribution in [0.25, 0.3) is 120 Å². The number of benzene rings is 7. The van der Waals surface area contributed by atoms with Gasteiger partial charge < -0.3 is 17.9 Å². The molecule has 13 rings (SSSR count). The third-order valence-electron chi connectivity index (χ3n) is 11.8. The highest BCUT2D eigenvalue weighted by molar-refractivity contribution is 6.34. The minimum absolute atomic E-state index is 1.27. The Hall–Kier alpha value is -6.26. The second-order valence-corrected chi connectivity index (χ2v) is 13.8. The van der Waals surface area contributed by atoms with Crippen molar-refractivity contribution >= 4 is 120 Å². The summed E-state index contributed by atoms with van der Waals surface area (Å²) in [5.41, 5.74) is 12.9. The summed E-state index contributed by atoms with van der Waals surface area (Å²) >= 11 is 0. The van der Waals surface area contributed by atoms with Crippen LogP contribution < -0.4 is 0 Å². The lowest BCUT2D eigenvalue weighted by Crippen LogP contribution is -1.88. The molecule has 0 saturated heterocycles. The highest BCUT2D eigenvalue weighted by atomic mass is 15.0. The number of para-hydroxylation sites is 4. The van der Waals surface area contributed by atoms with Gasteiger partial charge >= 0.3 is 0 Å². The summed E-state index contributed by atoms with van der Waals surface area (Å²) in [5.74, 6) is 0. The molecule has 0 aliphatic carbocycles. The van der Waals surface area contributed by atoms with Gasteiger partial charge in [-0.2, -0.15) is 0 Å². The minimum atomic E-state index is 1.27. The zero-order valence-electron chi connectivity index (χ0n) is 26.3. The molecule has 0 radical (unpaired) electrons. The molecule has 0 aliphatic rings. The van der Waals surface area contributed by atoms with E-state index in [0.29, 0.717) is 0 Å². The molecule has 222 valence electrons. The van der Waals surface area contributed by atoms with Crippen LogP contribution in [0.1, 0.15) is 0 Å². The van der Waals surface area contributed by atoms with Gasteiger partial charge in [-0.1, -0.05) is 84.9 Å². The summed E-state index contributed by atoms with van der Waals surface area (Å²) in [4.78, 5) is 0. The molecule has 6 aromatic heterocycles. The Balaban J connectivity index is 1.23. The monoisotopic (exact) mass is 610 g/mol. The standard InChI is InChI=1S/C44H26N4/c1-45-33-15-5-3-9-23(33)27-17-19-35-39(43(27)45)29-13-7-11-25-31-22-38-32(21-37(31)47(35)41(25)29)26-12-8-14-30-40-36(48(38)42(26)30)20-18-28-24-10-4-6-16-34(24)46(2)44(28)40/h3-22H,1-2H3. The van der Waals surface area contributed by atoms with Gasteiger partial charge in [0.15, 0.2) is 0 Å². The number of hydrogen-bond donors (Lipinski definition) is 0. The van der Waals surface area contributed by atoms with Crippen LogP contribution in [0.2, 0.25) is 0 Å². The van der Waals surface area contributed by atoms with Gasteiger partial charge in [0.2, 0.25) is 0 Å². The second kappa shape index (κ2) is 7.64. The second-order valence-electron chi connectivity index (χ2n) is 13.8. The van der Waals surface area contributed by atoms with Gasteiger partial charge in [0.05, 0.1) is 44.1 Å². The number of aromatic nitrogens is 4. The van der Waals surface area contributed by atoms with Crippen molar-refractivity contribution in [3.63, 3.8) is 0 Å². The predicted octanol–water partition coefficient (Wildman–Crippen LogP) is 11.3. The maximum Gasteiger partial charge on any atom is 0.0621 e. The zero-order chi connectivity index (χ0) is 31.2. The van der Waals surface area contributed by atoms with Crippen molar-refractivity contribution < 1.29 is 0 Å². The minimum Gasteiger partial charge on any atom is -0.343 e. The lowest BCUT2D eigenvalue weighted by Gasteiger charge is -2.04. The van der Waals surface area contributed by atoms with E-state index in [0.717, 1.165) is 0 Å². The first-order chi connectivity index (χ1) is 23.7. The Morgan fingerprint density at radius 2 is 0.688 bits per heavy atom. The molecule has 0 aliphatic heterocycles. The van der Waals surface area contributed by atoms with Crippen molar-refractivity contribution in [1.29, 1.82) is 0 Å². The summed E-state index contributed by atoms with van der Waals surface area (Å²) in [6.45, 7) is 0. The summed E-state index contributed by atoms with van der Waals surface area (Å²) in [5, 5.41) is 15.8.